The molecule has 124 valence electrons. The van der Waals surface area contributed by atoms with Gasteiger partial charge in [0.2, 0.25) is 16.8 Å². The number of benzene rings is 1. The minimum Gasteiger partial charge on any atom is -0.454 e. The lowest BCUT2D eigenvalue weighted by atomic mass is 10.2. The van der Waals surface area contributed by atoms with Crippen molar-refractivity contribution in [3.8, 4) is 11.5 Å². The summed E-state index contributed by atoms with van der Waals surface area (Å²) in [5, 5.41) is 3.31. The van der Waals surface area contributed by atoms with Crippen molar-refractivity contribution >= 4 is 26.0 Å². The molecule has 22 heavy (non-hydrogen) atoms. The number of nitrogens with one attached hydrogen (secondary N) is 1. The Morgan fingerprint density at radius 3 is 2.82 bits per heavy atom. The minimum absolute atomic E-state index is 0.253. The standard InChI is InChI=1S/C14H21BrN2O4S/c1-3-17(22(2,18)19)6-4-5-16-9-11-7-12(15)14-13(8-11)20-10-21-14/h7-8,16H,3-6,9-10H2,1-2H3. The van der Waals surface area contributed by atoms with Crippen LogP contribution in [-0.4, -0.2) is 45.4 Å². The molecule has 1 aliphatic heterocycles. The molecule has 0 amide bonds. The van der Waals surface area contributed by atoms with E-state index in [4.69, 9.17) is 9.47 Å². The SMILES string of the molecule is CCN(CCCNCc1cc(Br)c2c(c1)OCO2)S(C)(=O)=O. The highest BCUT2D eigenvalue weighted by Crippen LogP contribution is 2.39. The Bertz CT molecular complexity index is 622. The monoisotopic (exact) mass is 392 g/mol. The van der Waals surface area contributed by atoms with Gasteiger partial charge in [-0.1, -0.05) is 6.92 Å². The second-order valence-electron chi connectivity index (χ2n) is 5.10. The van der Waals surface area contributed by atoms with Gasteiger partial charge in [0.15, 0.2) is 11.5 Å². The summed E-state index contributed by atoms with van der Waals surface area (Å²) in [7, 11) is -3.10. The van der Waals surface area contributed by atoms with Gasteiger partial charge in [-0.15, -0.1) is 0 Å². The molecule has 0 aliphatic carbocycles. The smallest absolute Gasteiger partial charge is 0.231 e. The first-order valence-electron chi connectivity index (χ1n) is 7.15. The second kappa shape index (κ2) is 7.63. The summed E-state index contributed by atoms with van der Waals surface area (Å²) < 4.78 is 36.0. The van der Waals surface area contributed by atoms with Crippen LogP contribution in [0.5, 0.6) is 11.5 Å². The van der Waals surface area contributed by atoms with Gasteiger partial charge in [0.1, 0.15) is 0 Å². The van der Waals surface area contributed by atoms with Crippen molar-refractivity contribution in [2.75, 3.05) is 32.7 Å². The Kier molecular flexibility index (Phi) is 6.08. The van der Waals surface area contributed by atoms with Crippen LogP contribution in [-0.2, 0) is 16.6 Å². The van der Waals surface area contributed by atoms with Gasteiger partial charge in [0.25, 0.3) is 0 Å². The number of hydrogen-bond acceptors (Lipinski definition) is 5. The van der Waals surface area contributed by atoms with Crippen molar-refractivity contribution in [1.82, 2.24) is 9.62 Å². The molecule has 0 unspecified atom stereocenters. The van der Waals surface area contributed by atoms with E-state index < -0.39 is 10.0 Å². The lowest BCUT2D eigenvalue weighted by molar-refractivity contribution is 0.173. The first kappa shape index (κ1) is 17.5. The maximum Gasteiger partial charge on any atom is 0.231 e. The van der Waals surface area contributed by atoms with E-state index in [-0.39, 0.29) is 6.79 Å². The second-order valence-corrected chi connectivity index (χ2v) is 7.93. The number of hydrogen-bond donors (Lipinski definition) is 1. The van der Waals surface area contributed by atoms with Crippen molar-refractivity contribution < 1.29 is 17.9 Å². The van der Waals surface area contributed by atoms with Crippen LogP contribution in [0.25, 0.3) is 0 Å². The Morgan fingerprint density at radius 2 is 2.14 bits per heavy atom. The molecule has 1 N–H and O–H groups in total. The molecule has 1 aromatic carbocycles. The number of nitrogens with zero attached hydrogens (tertiary/aromatic N) is 1. The highest BCUT2D eigenvalue weighted by molar-refractivity contribution is 9.10. The maximum absolute atomic E-state index is 11.5. The van der Waals surface area contributed by atoms with Gasteiger partial charge in [0, 0.05) is 19.6 Å². The molecule has 0 bridgehead atoms. The number of halogens is 1. The summed E-state index contributed by atoms with van der Waals surface area (Å²) in [6.07, 6.45) is 2.01. The van der Waals surface area contributed by atoms with Crippen LogP contribution in [0.1, 0.15) is 18.9 Å². The maximum atomic E-state index is 11.5. The predicted molar refractivity (Wildman–Crippen MR) is 88.7 cm³/mol. The van der Waals surface area contributed by atoms with Gasteiger partial charge in [0.05, 0.1) is 10.7 Å². The lowest BCUT2D eigenvalue weighted by Crippen LogP contribution is -2.32. The highest BCUT2D eigenvalue weighted by Gasteiger charge is 2.17. The normalized spacial score (nSPS) is 13.8. The molecule has 2 rings (SSSR count). The quantitative estimate of drug-likeness (QED) is 0.684. The Balaban J connectivity index is 1.77. The van der Waals surface area contributed by atoms with Gasteiger partial charge in [-0.25, -0.2) is 12.7 Å². The van der Waals surface area contributed by atoms with Crippen molar-refractivity contribution in [2.24, 2.45) is 0 Å². The lowest BCUT2D eigenvalue weighted by Gasteiger charge is -2.17. The summed E-state index contributed by atoms with van der Waals surface area (Å²) in [5.74, 6) is 1.50. The fraction of sp³-hybridized carbons (Fsp3) is 0.571. The Labute approximate surface area is 140 Å². The average Bonchev–Trinajstić information content (AvgIpc) is 2.90. The van der Waals surface area contributed by atoms with Crippen LogP contribution < -0.4 is 14.8 Å². The molecule has 0 saturated heterocycles. The van der Waals surface area contributed by atoms with E-state index in [1.165, 1.54) is 10.6 Å². The van der Waals surface area contributed by atoms with Crippen LogP contribution in [0.2, 0.25) is 0 Å². The largest absolute Gasteiger partial charge is 0.454 e. The first-order valence-corrected chi connectivity index (χ1v) is 9.79. The molecule has 1 aliphatic rings. The molecule has 8 heteroatoms. The summed E-state index contributed by atoms with van der Waals surface area (Å²) in [6.45, 7) is 4.58. The molecule has 1 aromatic rings. The van der Waals surface area contributed by atoms with E-state index in [1.807, 2.05) is 19.1 Å². The van der Waals surface area contributed by atoms with Gasteiger partial charge in [-0.3, -0.25) is 0 Å². The van der Waals surface area contributed by atoms with Crippen LogP contribution in [0.15, 0.2) is 16.6 Å². The molecular weight excluding hydrogens is 372 g/mol. The number of sulfonamides is 1. The summed E-state index contributed by atoms with van der Waals surface area (Å²) in [5.41, 5.74) is 1.09. The van der Waals surface area contributed by atoms with Crippen LogP contribution in [0, 0.1) is 0 Å². The van der Waals surface area contributed by atoms with E-state index in [0.29, 0.717) is 19.6 Å². The Hall–Kier alpha value is -0.830. The molecule has 0 saturated carbocycles. The van der Waals surface area contributed by atoms with E-state index in [9.17, 15) is 8.42 Å². The third-order valence-corrected chi connectivity index (χ3v) is 5.37. The van der Waals surface area contributed by atoms with Crippen molar-refractivity contribution in [3.63, 3.8) is 0 Å². The van der Waals surface area contributed by atoms with E-state index in [0.717, 1.165) is 34.5 Å². The first-order chi connectivity index (χ1) is 10.4. The van der Waals surface area contributed by atoms with Crippen LogP contribution >= 0.6 is 15.9 Å². The number of rotatable bonds is 8. The summed E-state index contributed by atoms with van der Waals surface area (Å²) >= 11 is 3.46. The zero-order valence-electron chi connectivity index (χ0n) is 12.8. The average molecular weight is 393 g/mol. The molecule has 0 spiro atoms. The zero-order chi connectivity index (χ0) is 16.2. The van der Waals surface area contributed by atoms with Crippen molar-refractivity contribution in [3.05, 3.63) is 22.2 Å². The molecule has 1 heterocycles. The molecule has 6 nitrogen and oxygen atoms in total. The van der Waals surface area contributed by atoms with Crippen LogP contribution in [0.4, 0.5) is 0 Å². The summed E-state index contributed by atoms with van der Waals surface area (Å²) in [6, 6.07) is 3.95. The summed E-state index contributed by atoms with van der Waals surface area (Å²) in [4.78, 5) is 0. The molecule has 0 fully saturated rings. The van der Waals surface area contributed by atoms with Crippen molar-refractivity contribution in [2.45, 2.75) is 19.9 Å². The fourth-order valence-electron chi connectivity index (χ4n) is 2.29. The number of fused-ring (bicyclic) bond motifs is 1. The zero-order valence-corrected chi connectivity index (χ0v) is 15.2. The van der Waals surface area contributed by atoms with Gasteiger partial charge >= 0.3 is 0 Å². The van der Waals surface area contributed by atoms with Gasteiger partial charge in [-0.05, 0) is 46.6 Å². The molecule has 0 radical (unpaired) electrons. The fourth-order valence-corrected chi connectivity index (χ4v) is 3.83. The van der Waals surface area contributed by atoms with Gasteiger partial charge < -0.3 is 14.8 Å². The molecule has 0 aromatic heterocycles. The number of ether oxygens (including phenoxy) is 2. The molecule has 0 atom stereocenters. The topological polar surface area (TPSA) is 67.9 Å². The van der Waals surface area contributed by atoms with Crippen molar-refractivity contribution in [1.29, 1.82) is 0 Å². The van der Waals surface area contributed by atoms with E-state index in [1.54, 1.807) is 0 Å². The van der Waals surface area contributed by atoms with E-state index in [2.05, 4.69) is 21.2 Å². The third-order valence-electron chi connectivity index (χ3n) is 3.40. The predicted octanol–water partition coefficient (Wildman–Crippen LogP) is 1.94. The Morgan fingerprint density at radius 1 is 1.36 bits per heavy atom. The minimum atomic E-state index is -3.10. The molecular formula is C14H21BrN2O4S. The highest BCUT2D eigenvalue weighted by atomic mass is 79.9. The van der Waals surface area contributed by atoms with E-state index >= 15 is 0 Å². The van der Waals surface area contributed by atoms with Gasteiger partial charge in [-0.2, -0.15) is 0 Å². The third kappa shape index (κ3) is 4.58. The van der Waals surface area contributed by atoms with Crippen LogP contribution in [0.3, 0.4) is 0 Å².